The van der Waals surface area contributed by atoms with E-state index in [0.29, 0.717) is 17.2 Å². The molecule has 0 saturated carbocycles. The predicted molar refractivity (Wildman–Crippen MR) is 55.9 cm³/mol. The second kappa shape index (κ2) is 3.17. The summed E-state index contributed by atoms with van der Waals surface area (Å²) in [5.41, 5.74) is 2.28. The van der Waals surface area contributed by atoms with Crippen LogP contribution in [0.3, 0.4) is 0 Å². The summed E-state index contributed by atoms with van der Waals surface area (Å²) < 4.78 is 6.69. The number of benzene rings is 1. The van der Waals surface area contributed by atoms with E-state index in [1.807, 2.05) is 13.8 Å². The van der Waals surface area contributed by atoms with E-state index in [2.05, 4.69) is 0 Å². The smallest absolute Gasteiger partial charge is 0.407 e. The number of aromatic nitrogens is 1. The number of hydrogen-bond donors (Lipinski definition) is 0. The lowest BCUT2D eigenvalue weighted by atomic mass is 10.2. The van der Waals surface area contributed by atoms with Gasteiger partial charge in [0, 0.05) is 11.6 Å². The first-order valence-corrected chi connectivity index (χ1v) is 4.80. The number of aryl methyl sites for hydroxylation is 2. The molecule has 4 heteroatoms. The zero-order valence-electron chi connectivity index (χ0n) is 8.00. The van der Waals surface area contributed by atoms with Gasteiger partial charge in [-0.25, -0.2) is 4.79 Å². The zero-order valence-corrected chi connectivity index (χ0v) is 8.76. The summed E-state index contributed by atoms with van der Waals surface area (Å²) >= 11 is 5.91. The van der Waals surface area contributed by atoms with Crippen molar-refractivity contribution in [3.63, 3.8) is 0 Å². The summed E-state index contributed by atoms with van der Waals surface area (Å²) in [6, 6.07) is 3.53. The second-order valence-corrected chi connectivity index (χ2v) is 3.62. The molecule has 0 unspecified atom stereocenters. The molecular formula is C10H10ClNO2. The molecule has 74 valence electrons. The number of oxazole rings is 1. The molecule has 2 aromatic rings. The fourth-order valence-corrected chi connectivity index (χ4v) is 1.85. The number of rotatable bonds is 1. The highest BCUT2D eigenvalue weighted by Gasteiger charge is 2.10. The molecule has 0 bridgehead atoms. The van der Waals surface area contributed by atoms with Crippen LogP contribution in [0.5, 0.6) is 0 Å². The fraction of sp³-hybridized carbons (Fsp3) is 0.300. The molecule has 0 amide bonds. The van der Waals surface area contributed by atoms with E-state index in [1.54, 1.807) is 16.7 Å². The highest BCUT2D eigenvalue weighted by atomic mass is 35.5. The summed E-state index contributed by atoms with van der Waals surface area (Å²) in [6.45, 7) is 4.36. The van der Waals surface area contributed by atoms with Gasteiger partial charge in [-0.15, -0.1) is 0 Å². The van der Waals surface area contributed by atoms with Crippen LogP contribution in [0.25, 0.3) is 11.1 Å². The van der Waals surface area contributed by atoms with Gasteiger partial charge in [0.05, 0.1) is 5.52 Å². The van der Waals surface area contributed by atoms with Crippen LogP contribution in [0, 0.1) is 6.92 Å². The van der Waals surface area contributed by atoms with Crippen molar-refractivity contribution in [3.8, 4) is 0 Å². The van der Waals surface area contributed by atoms with Gasteiger partial charge in [0.2, 0.25) is 0 Å². The summed E-state index contributed by atoms with van der Waals surface area (Å²) in [5.74, 6) is -0.326. The molecule has 0 fully saturated rings. The van der Waals surface area contributed by atoms with Crippen LogP contribution >= 0.6 is 11.6 Å². The summed E-state index contributed by atoms with van der Waals surface area (Å²) in [4.78, 5) is 11.4. The largest absolute Gasteiger partial charge is 0.419 e. The van der Waals surface area contributed by atoms with Crippen LogP contribution in [0.2, 0.25) is 5.02 Å². The minimum atomic E-state index is -0.326. The standard InChI is InChI=1S/C10H10ClNO2/c1-3-12-8-5-7(11)4-6(2)9(8)14-10(12)13/h4-5H,3H2,1-2H3. The Morgan fingerprint density at radius 1 is 1.50 bits per heavy atom. The SMILES string of the molecule is CCn1c(=O)oc2c(C)cc(Cl)cc21. The van der Waals surface area contributed by atoms with Crippen molar-refractivity contribution in [2.24, 2.45) is 0 Å². The van der Waals surface area contributed by atoms with E-state index >= 15 is 0 Å². The molecule has 3 nitrogen and oxygen atoms in total. The molecule has 1 heterocycles. The molecule has 1 aromatic heterocycles. The highest BCUT2D eigenvalue weighted by molar-refractivity contribution is 6.31. The Bertz CT molecular complexity index is 539. The summed E-state index contributed by atoms with van der Waals surface area (Å²) in [6.07, 6.45) is 0. The first-order chi connectivity index (χ1) is 6.63. The molecule has 0 aliphatic carbocycles. The minimum absolute atomic E-state index is 0.326. The Morgan fingerprint density at radius 3 is 2.86 bits per heavy atom. The molecule has 14 heavy (non-hydrogen) atoms. The lowest BCUT2D eigenvalue weighted by Gasteiger charge is -1.98. The van der Waals surface area contributed by atoms with Crippen molar-refractivity contribution in [3.05, 3.63) is 33.3 Å². The first kappa shape index (κ1) is 9.34. The maximum absolute atomic E-state index is 11.4. The Kier molecular flexibility index (Phi) is 2.11. The van der Waals surface area contributed by atoms with Crippen LogP contribution in [0.1, 0.15) is 12.5 Å². The monoisotopic (exact) mass is 211 g/mol. The van der Waals surface area contributed by atoms with Crippen LogP contribution < -0.4 is 5.76 Å². The predicted octanol–water partition coefficient (Wildman–Crippen LogP) is 2.58. The quantitative estimate of drug-likeness (QED) is 0.727. The molecule has 1 aromatic carbocycles. The Labute approximate surface area is 85.9 Å². The minimum Gasteiger partial charge on any atom is -0.407 e. The van der Waals surface area contributed by atoms with E-state index < -0.39 is 0 Å². The molecule has 0 atom stereocenters. The lowest BCUT2D eigenvalue weighted by Crippen LogP contribution is -2.11. The van der Waals surface area contributed by atoms with Crippen LogP contribution in [-0.2, 0) is 6.54 Å². The molecule has 0 aliphatic heterocycles. The van der Waals surface area contributed by atoms with Gasteiger partial charge in [0.25, 0.3) is 0 Å². The van der Waals surface area contributed by atoms with Crippen molar-refractivity contribution < 1.29 is 4.42 Å². The van der Waals surface area contributed by atoms with Crippen LogP contribution in [0.4, 0.5) is 0 Å². The molecule has 0 radical (unpaired) electrons. The van der Waals surface area contributed by atoms with Crippen LogP contribution in [0.15, 0.2) is 21.3 Å². The van der Waals surface area contributed by atoms with E-state index in [0.717, 1.165) is 11.1 Å². The van der Waals surface area contributed by atoms with E-state index in [1.165, 1.54) is 0 Å². The van der Waals surface area contributed by atoms with Crippen molar-refractivity contribution in [1.29, 1.82) is 0 Å². The molecule has 2 rings (SSSR count). The highest BCUT2D eigenvalue weighted by Crippen LogP contribution is 2.22. The first-order valence-electron chi connectivity index (χ1n) is 4.43. The van der Waals surface area contributed by atoms with Gasteiger partial charge in [-0.05, 0) is 31.5 Å². The van der Waals surface area contributed by atoms with Crippen molar-refractivity contribution >= 4 is 22.7 Å². The zero-order chi connectivity index (χ0) is 10.3. The molecule has 0 spiro atoms. The van der Waals surface area contributed by atoms with Crippen molar-refractivity contribution in [1.82, 2.24) is 4.57 Å². The maximum atomic E-state index is 11.4. The summed E-state index contributed by atoms with van der Waals surface area (Å²) in [7, 11) is 0. The van der Waals surface area contributed by atoms with Crippen molar-refractivity contribution in [2.45, 2.75) is 20.4 Å². The topological polar surface area (TPSA) is 35.1 Å². The summed E-state index contributed by atoms with van der Waals surface area (Å²) in [5, 5.41) is 0.623. The third-order valence-corrected chi connectivity index (χ3v) is 2.45. The third kappa shape index (κ3) is 1.24. The molecule has 0 aliphatic rings. The molecule has 0 saturated heterocycles. The van der Waals surface area contributed by atoms with E-state index in [-0.39, 0.29) is 5.76 Å². The lowest BCUT2D eigenvalue weighted by molar-refractivity contribution is 0.512. The number of halogens is 1. The second-order valence-electron chi connectivity index (χ2n) is 3.18. The number of hydrogen-bond acceptors (Lipinski definition) is 2. The van der Waals surface area contributed by atoms with Crippen LogP contribution in [-0.4, -0.2) is 4.57 Å². The van der Waals surface area contributed by atoms with Gasteiger partial charge in [0.1, 0.15) is 0 Å². The number of fused-ring (bicyclic) bond motifs is 1. The third-order valence-electron chi connectivity index (χ3n) is 2.24. The van der Waals surface area contributed by atoms with E-state index in [4.69, 9.17) is 16.0 Å². The average molecular weight is 212 g/mol. The Morgan fingerprint density at radius 2 is 2.21 bits per heavy atom. The van der Waals surface area contributed by atoms with Gasteiger partial charge in [-0.2, -0.15) is 0 Å². The average Bonchev–Trinajstić information content (AvgIpc) is 2.41. The van der Waals surface area contributed by atoms with Crippen molar-refractivity contribution in [2.75, 3.05) is 0 Å². The number of nitrogens with zero attached hydrogens (tertiary/aromatic N) is 1. The van der Waals surface area contributed by atoms with Gasteiger partial charge < -0.3 is 4.42 Å². The van der Waals surface area contributed by atoms with E-state index in [9.17, 15) is 4.79 Å². The van der Waals surface area contributed by atoms with Gasteiger partial charge in [-0.3, -0.25) is 4.57 Å². The van der Waals surface area contributed by atoms with Gasteiger partial charge >= 0.3 is 5.76 Å². The molecular weight excluding hydrogens is 202 g/mol. The van der Waals surface area contributed by atoms with Gasteiger partial charge in [0.15, 0.2) is 5.58 Å². The maximum Gasteiger partial charge on any atom is 0.419 e. The molecule has 0 N–H and O–H groups in total. The Balaban J connectivity index is 2.95. The van der Waals surface area contributed by atoms with Gasteiger partial charge in [-0.1, -0.05) is 11.6 Å². The normalized spacial score (nSPS) is 11.1. The fourth-order valence-electron chi connectivity index (χ4n) is 1.59. The Hall–Kier alpha value is -1.22.